The van der Waals surface area contributed by atoms with Gasteiger partial charge in [0.2, 0.25) is 0 Å². The van der Waals surface area contributed by atoms with Gasteiger partial charge in [0.1, 0.15) is 23.4 Å². The van der Waals surface area contributed by atoms with Crippen molar-refractivity contribution in [3.63, 3.8) is 0 Å². The third-order valence-electron chi connectivity index (χ3n) is 5.15. The van der Waals surface area contributed by atoms with Crippen molar-refractivity contribution in [2.45, 2.75) is 18.9 Å². The molecule has 0 N–H and O–H groups in total. The third kappa shape index (κ3) is 3.73. The summed E-state index contributed by atoms with van der Waals surface area (Å²) in [6.07, 6.45) is 0.932. The summed E-state index contributed by atoms with van der Waals surface area (Å²) in [5.74, 6) is 0.689. The zero-order chi connectivity index (χ0) is 21.4. The number of esters is 1. The molecular weight excluding hydrogens is 431 g/mol. The molecule has 0 bridgehead atoms. The van der Waals surface area contributed by atoms with E-state index in [2.05, 4.69) is 0 Å². The van der Waals surface area contributed by atoms with Gasteiger partial charge in [-0.2, -0.15) is 0 Å². The smallest absolute Gasteiger partial charge is 0.308 e. The van der Waals surface area contributed by atoms with Crippen LogP contribution in [0.4, 0.5) is 0 Å². The summed E-state index contributed by atoms with van der Waals surface area (Å²) in [5.41, 5.74) is 0.564. The van der Waals surface area contributed by atoms with E-state index in [1.165, 1.54) is 20.3 Å². The highest BCUT2D eigenvalue weighted by Gasteiger charge is 2.37. The summed E-state index contributed by atoms with van der Waals surface area (Å²) in [4.78, 5) is 24.2. The molecule has 1 aliphatic rings. The summed E-state index contributed by atoms with van der Waals surface area (Å²) in [7, 11) is 2.86. The molecule has 0 unspecified atom stereocenters. The summed E-state index contributed by atoms with van der Waals surface area (Å²) in [6, 6.07) is 9.63. The molecule has 6 nitrogen and oxygen atoms in total. The molecule has 2 aromatic carbocycles. The molecule has 0 amide bonds. The molecule has 0 aliphatic heterocycles. The molecule has 1 saturated carbocycles. The Morgan fingerprint density at radius 2 is 1.83 bits per heavy atom. The molecule has 1 heterocycles. The fraction of sp³-hybridized carbons (Fsp3) is 0.273. The molecule has 1 fully saturated rings. The van der Waals surface area contributed by atoms with Crippen molar-refractivity contribution < 1.29 is 23.4 Å². The molecule has 4 rings (SSSR count). The Bertz CT molecular complexity index is 1180. The fourth-order valence-corrected chi connectivity index (χ4v) is 3.87. The number of carbonyl (C=O) groups excluding carboxylic acids is 1. The predicted molar refractivity (Wildman–Crippen MR) is 114 cm³/mol. The first-order valence-corrected chi connectivity index (χ1v) is 10.0. The van der Waals surface area contributed by atoms with E-state index in [4.69, 9.17) is 41.8 Å². The number of hydrogen-bond acceptors (Lipinski definition) is 6. The van der Waals surface area contributed by atoms with Crippen LogP contribution in [0.1, 0.15) is 12.8 Å². The zero-order valence-electron chi connectivity index (χ0n) is 16.2. The van der Waals surface area contributed by atoms with Crippen LogP contribution in [0, 0.1) is 5.92 Å². The minimum Gasteiger partial charge on any atom is -0.496 e. The Morgan fingerprint density at radius 3 is 2.53 bits per heavy atom. The van der Waals surface area contributed by atoms with Crippen molar-refractivity contribution >= 4 is 40.1 Å². The lowest BCUT2D eigenvalue weighted by atomic mass is 9.82. The number of rotatable bonds is 5. The number of benzene rings is 2. The van der Waals surface area contributed by atoms with Gasteiger partial charge in [-0.05, 0) is 31.0 Å². The first-order valence-electron chi connectivity index (χ1n) is 9.26. The summed E-state index contributed by atoms with van der Waals surface area (Å²) < 4.78 is 22.1. The first-order chi connectivity index (χ1) is 14.4. The average Bonchev–Trinajstić information content (AvgIpc) is 2.71. The fourth-order valence-electron chi connectivity index (χ4n) is 3.46. The highest BCUT2D eigenvalue weighted by Crippen LogP contribution is 2.41. The van der Waals surface area contributed by atoms with E-state index in [9.17, 15) is 9.59 Å². The summed E-state index contributed by atoms with van der Waals surface area (Å²) in [5, 5.41) is 1.07. The van der Waals surface area contributed by atoms with Crippen LogP contribution in [0.5, 0.6) is 11.5 Å². The van der Waals surface area contributed by atoms with Crippen LogP contribution in [0.15, 0.2) is 45.6 Å². The van der Waals surface area contributed by atoms with Gasteiger partial charge in [0.15, 0.2) is 11.0 Å². The zero-order valence-corrected chi connectivity index (χ0v) is 17.8. The number of para-hydroxylation sites is 1. The SMILES string of the molecule is COC(=O)C1CC(Oc2cc(-c3cc(=O)c4cccc(Cl)c4o3)c(OC)cc2Cl)C1. The molecule has 30 heavy (non-hydrogen) atoms. The van der Waals surface area contributed by atoms with Crippen LogP contribution in [0.3, 0.4) is 0 Å². The van der Waals surface area contributed by atoms with E-state index >= 15 is 0 Å². The summed E-state index contributed by atoms with van der Waals surface area (Å²) in [6.45, 7) is 0. The maximum Gasteiger partial charge on any atom is 0.308 e. The predicted octanol–water partition coefficient (Wildman–Crippen LogP) is 5.11. The van der Waals surface area contributed by atoms with Gasteiger partial charge in [0, 0.05) is 12.1 Å². The van der Waals surface area contributed by atoms with Gasteiger partial charge in [0.05, 0.1) is 41.1 Å². The van der Waals surface area contributed by atoms with Gasteiger partial charge >= 0.3 is 5.97 Å². The number of hydrogen-bond donors (Lipinski definition) is 0. The minimum absolute atomic E-state index is 0.161. The van der Waals surface area contributed by atoms with E-state index < -0.39 is 0 Å². The van der Waals surface area contributed by atoms with Crippen molar-refractivity contribution in [1.29, 1.82) is 0 Å². The van der Waals surface area contributed by atoms with Crippen LogP contribution >= 0.6 is 23.2 Å². The number of fused-ring (bicyclic) bond motifs is 1. The van der Waals surface area contributed by atoms with E-state index in [0.717, 1.165) is 0 Å². The van der Waals surface area contributed by atoms with Crippen molar-refractivity contribution in [3.8, 4) is 22.8 Å². The highest BCUT2D eigenvalue weighted by atomic mass is 35.5. The van der Waals surface area contributed by atoms with Gasteiger partial charge in [-0.3, -0.25) is 9.59 Å². The molecule has 0 atom stereocenters. The molecule has 1 aromatic heterocycles. The van der Waals surface area contributed by atoms with Crippen LogP contribution in [0.25, 0.3) is 22.3 Å². The Kier molecular flexibility index (Phi) is 5.62. The Hall–Kier alpha value is -2.70. The standard InChI is InChI=1S/C22H18Cl2O6/c1-27-18-9-16(24)20(29-12-6-11(7-12)22(26)28-2)8-14(18)19-10-17(25)13-4-3-5-15(23)21(13)30-19/h3-5,8-12H,6-7H2,1-2H3. The van der Waals surface area contributed by atoms with Gasteiger partial charge in [-0.1, -0.05) is 29.3 Å². The van der Waals surface area contributed by atoms with Crippen molar-refractivity contribution in [2.24, 2.45) is 5.92 Å². The second kappa shape index (κ2) is 8.20. The van der Waals surface area contributed by atoms with Crippen LogP contribution in [0.2, 0.25) is 10.0 Å². The van der Waals surface area contributed by atoms with E-state index in [1.807, 2.05) is 0 Å². The van der Waals surface area contributed by atoms with Gasteiger partial charge in [-0.25, -0.2) is 0 Å². The molecule has 0 spiro atoms. The second-order valence-electron chi connectivity index (χ2n) is 7.01. The lowest BCUT2D eigenvalue weighted by Gasteiger charge is -2.33. The molecule has 8 heteroatoms. The number of carbonyl (C=O) groups is 1. The monoisotopic (exact) mass is 448 g/mol. The van der Waals surface area contributed by atoms with Crippen LogP contribution in [-0.4, -0.2) is 26.3 Å². The average molecular weight is 449 g/mol. The quantitative estimate of drug-likeness (QED) is 0.505. The number of methoxy groups -OCH3 is 2. The summed E-state index contributed by atoms with van der Waals surface area (Å²) >= 11 is 12.6. The largest absolute Gasteiger partial charge is 0.496 e. The molecule has 0 saturated heterocycles. The first kappa shape index (κ1) is 20.6. The Balaban J connectivity index is 1.71. The third-order valence-corrected chi connectivity index (χ3v) is 5.74. The highest BCUT2D eigenvalue weighted by molar-refractivity contribution is 6.34. The molecule has 156 valence electrons. The van der Waals surface area contributed by atoms with Crippen molar-refractivity contribution in [2.75, 3.05) is 14.2 Å². The van der Waals surface area contributed by atoms with Gasteiger partial charge < -0.3 is 18.6 Å². The normalized spacial score (nSPS) is 18.0. The van der Waals surface area contributed by atoms with E-state index in [-0.39, 0.29) is 29.2 Å². The van der Waals surface area contributed by atoms with Gasteiger partial charge in [0.25, 0.3) is 0 Å². The van der Waals surface area contributed by atoms with Crippen molar-refractivity contribution in [1.82, 2.24) is 0 Å². The Morgan fingerprint density at radius 1 is 1.07 bits per heavy atom. The van der Waals surface area contributed by atoms with Crippen LogP contribution in [-0.2, 0) is 9.53 Å². The molecule has 0 radical (unpaired) electrons. The maximum atomic E-state index is 12.6. The van der Waals surface area contributed by atoms with Crippen LogP contribution < -0.4 is 14.9 Å². The second-order valence-corrected chi connectivity index (χ2v) is 7.82. The van der Waals surface area contributed by atoms with E-state index in [0.29, 0.717) is 50.9 Å². The van der Waals surface area contributed by atoms with E-state index in [1.54, 1.807) is 30.3 Å². The Labute approximate surface area is 182 Å². The maximum absolute atomic E-state index is 12.6. The topological polar surface area (TPSA) is 75.0 Å². The minimum atomic E-state index is -0.244. The van der Waals surface area contributed by atoms with Gasteiger partial charge in [-0.15, -0.1) is 0 Å². The lowest BCUT2D eigenvalue weighted by molar-refractivity contribution is -0.151. The molecular formula is C22H18Cl2O6. The molecule has 1 aliphatic carbocycles. The number of ether oxygens (including phenoxy) is 3. The van der Waals surface area contributed by atoms with Crippen molar-refractivity contribution in [3.05, 3.63) is 56.7 Å². The molecule has 3 aromatic rings. The lowest BCUT2D eigenvalue weighted by Crippen LogP contribution is -2.38. The number of halogens is 2.